The summed E-state index contributed by atoms with van der Waals surface area (Å²) >= 11 is 0. The van der Waals surface area contributed by atoms with Gasteiger partial charge in [0.2, 0.25) is 0 Å². The summed E-state index contributed by atoms with van der Waals surface area (Å²) in [5.74, 6) is 0.344. The number of hydrogen-bond donors (Lipinski definition) is 2. The van der Waals surface area contributed by atoms with Gasteiger partial charge in [0.15, 0.2) is 5.82 Å². The molecule has 5 heteroatoms. The highest BCUT2D eigenvalue weighted by molar-refractivity contribution is 6.14. The molecule has 0 radical (unpaired) electrons. The van der Waals surface area contributed by atoms with Crippen LogP contribution in [-0.4, -0.2) is 20.7 Å². The zero-order valence-electron chi connectivity index (χ0n) is 20.1. The lowest BCUT2D eigenvalue weighted by molar-refractivity contribution is 0.278. The molecule has 5 nitrogen and oxygen atoms in total. The number of pyridine rings is 1. The third-order valence-electron chi connectivity index (χ3n) is 8.01. The van der Waals surface area contributed by atoms with E-state index in [0.717, 1.165) is 67.5 Å². The van der Waals surface area contributed by atoms with Crippen molar-refractivity contribution in [1.82, 2.24) is 15.0 Å². The predicted molar refractivity (Wildman–Crippen MR) is 141 cm³/mol. The zero-order chi connectivity index (χ0) is 23.8. The Morgan fingerprint density at radius 3 is 2.49 bits per heavy atom. The van der Waals surface area contributed by atoms with Crippen molar-refractivity contribution in [2.45, 2.75) is 57.8 Å². The van der Waals surface area contributed by atoms with Crippen LogP contribution in [0, 0.1) is 10.8 Å². The molecule has 0 aliphatic heterocycles. The van der Waals surface area contributed by atoms with Crippen molar-refractivity contribution < 1.29 is 0 Å². The van der Waals surface area contributed by atoms with E-state index in [9.17, 15) is 0 Å². The van der Waals surface area contributed by atoms with E-state index in [1.165, 1.54) is 29.5 Å². The highest BCUT2D eigenvalue weighted by atomic mass is 14.9. The summed E-state index contributed by atoms with van der Waals surface area (Å²) in [6.07, 6.45) is 17.6. The van der Waals surface area contributed by atoms with Crippen LogP contribution in [0.3, 0.4) is 0 Å². The summed E-state index contributed by atoms with van der Waals surface area (Å²) in [6, 6.07) is 12.9. The fourth-order valence-corrected chi connectivity index (χ4v) is 6.03. The van der Waals surface area contributed by atoms with Crippen molar-refractivity contribution in [1.29, 1.82) is 5.41 Å². The van der Waals surface area contributed by atoms with Gasteiger partial charge >= 0.3 is 0 Å². The maximum atomic E-state index is 8.88. The van der Waals surface area contributed by atoms with Gasteiger partial charge < -0.3 is 5.73 Å². The number of nitrogens with zero attached hydrogens (tertiary/aromatic N) is 3. The average Bonchev–Trinajstić information content (AvgIpc) is 3.22. The molecule has 0 atom stereocenters. The number of aromatic nitrogens is 3. The van der Waals surface area contributed by atoms with E-state index in [1.807, 2.05) is 18.5 Å². The SMILES string of the molecule is N=C(/C1=C\c2cccnc2CCCC1)c1ncc(C2=CCC3(CC2)Cc2ccccc2C3)nc1N. The standard InChI is InChI=1S/C30H31N5/c31-27(22-6-3-4-10-25-21(16-22)9-5-15-33-25)28-29(32)35-26(19-34-28)20-11-13-30(14-12-20)17-23-7-1-2-8-24(23)18-30/h1-2,5,7-9,11,15-16,19,31H,3-4,6,10,12-14,17-18H2,(H2,32,35)/b22-16-,31-27?. The summed E-state index contributed by atoms with van der Waals surface area (Å²) in [6.45, 7) is 0. The van der Waals surface area contributed by atoms with Crippen molar-refractivity contribution in [3.8, 4) is 0 Å². The van der Waals surface area contributed by atoms with Gasteiger partial charge in [0, 0.05) is 11.9 Å². The van der Waals surface area contributed by atoms with E-state index in [1.54, 1.807) is 0 Å². The number of benzene rings is 1. The fraction of sp³-hybridized carbons (Fsp3) is 0.333. The number of nitrogen functional groups attached to an aromatic ring is 1. The van der Waals surface area contributed by atoms with Gasteiger partial charge in [-0.25, -0.2) is 9.97 Å². The maximum absolute atomic E-state index is 8.88. The molecule has 3 N–H and O–H groups in total. The number of rotatable bonds is 3. The number of fused-ring (bicyclic) bond motifs is 2. The second-order valence-electron chi connectivity index (χ2n) is 10.3. The van der Waals surface area contributed by atoms with E-state index in [2.05, 4.69) is 52.5 Å². The Morgan fingerprint density at radius 1 is 0.943 bits per heavy atom. The lowest BCUT2D eigenvalue weighted by Gasteiger charge is -2.32. The Bertz CT molecular complexity index is 1340. The minimum atomic E-state index is 0.344. The van der Waals surface area contributed by atoms with Gasteiger partial charge in [-0.1, -0.05) is 36.4 Å². The molecule has 3 aliphatic rings. The van der Waals surface area contributed by atoms with Crippen molar-refractivity contribution >= 4 is 23.2 Å². The minimum absolute atomic E-state index is 0.344. The molecule has 0 saturated heterocycles. The van der Waals surface area contributed by atoms with Gasteiger partial charge in [-0.3, -0.25) is 10.4 Å². The first kappa shape index (κ1) is 21.9. The highest BCUT2D eigenvalue weighted by Gasteiger charge is 2.38. The normalized spacial score (nSPS) is 20.1. The Labute approximate surface area is 206 Å². The van der Waals surface area contributed by atoms with E-state index in [0.29, 0.717) is 22.6 Å². The first-order valence-corrected chi connectivity index (χ1v) is 12.7. The van der Waals surface area contributed by atoms with Crippen LogP contribution < -0.4 is 5.73 Å². The zero-order valence-corrected chi connectivity index (χ0v) is 20.1. The van der Waals surface area contributed by atoms with Crippen LogP contribution >= 0.6 is 0 Å². The van der Waals surface area contributed by atoms with Gasteiger partial charge in [-0.2, -0.15) is 0 Å². The van der Waals surface area contributed by atoms with Crippen LogP contribution in [0.2, 0.25) is 0 Å². The average molecular weight is 462 g/mol. The molecule has 0 unspecified atom stereocenters. The molecule has 3 aromatic rings. The number of nitrogens with two attached hydrogens (primary N) is 1. The van der Waals surface area contributed by atoms with Crippen LogP contribution in [-0.2, 0) is 19.3 Å². The van der Waals surface area contributed by atoms with Crippen molar-refractivity contribution in [3.63, 3.8) is 0 Å². The van der Waals surface area contributed by atoms with Gasteiger partial charge in [0.25, 0.3) is 0 Å². The largest absolute Gasteiger partial charge is 0.382 e. The second-order valence-corrected chi connectivity index (χ2v) is 10.3. The number of allylic oxidation sites excluding steroid dienone is 3. The summed E-state index contributed by atoms with van der Waals surface area (Å²) < 4.78 is 0. The van der Waals surface area contributed by atoms with E-state index < -0.39 is 0 Å². The monoisotopic (exact) mass is 461 g/mol. The van der Waals surface area contributed by atoms with E-state index in [-0.39, 0.29) is 0 Å². The first-order valence-electron chi connectivity index (χ1n) is 12.7. The fourth-order valence-electron chi connectivity index (χ4n) is 6.03. The third-order valence-corrected chi connectivity index (χ3v) is 8.01. The molecule has 0 amide bonds. The number of anilines is 1. The molecule has 0 fully saturated rings. The van der Waals surface area contributed by atoms with Gasteiger partial charge in [-0.15, -0.1) is 0 Å². The third kappa shape index (κ3) is 4.20. The second kappa shape index (κ2) is 8.88. The molecule has 6 rings (SSSR count). The molecule has 0 bridgehead atoms. The molecule has 3 aliphatic carbocycles. The molecule has 2 heterocycles. The van der Waals surface area contributed by atoms with Crippen LogP contribution in [0.4, 0.5) is 5.82 Å². The van der Waals surface area contributed by atoms with Crippen LogP contribution in [0.15, 0.2) is 60.4 Å². The Hall–Kier alpha value is -3.60. The van der Waals surface area contributed by atoms with Crippen LogP contribution in [0.5, 0.6) is 0 Å². The lowest BCUT2D eigenvalue weighted by Crippen LogP contribution is -2.23. The van der Waals surface area contributed by atoms with E-state index in [4.69, 9.17) is 16.1 Å². The Kier molecular flexibility index (Phi) is 5.56. The van der Waals surface area contributed by atoms with Crippen LogP contribution in [0.25, 0.3) is 11.6 Å². The van der Waals surface area contributed by atoms with Gasteiger partial charge in [0.05, 0.1) is 17.6 Å². The minimum Gasteiger partial charge on any atom is -0.382 e. The first-order chi connectivity index (χ1) is 17.1. The molecule has 176 valence electrons. The van der Waals surface area contributed by atoms with E-state index >= 15 is 0 Å². The Morgan fingerprint density at radius 2 is 1.74 bits per heavy atom. The van der Waals surface area contributed by atoms with Crippen LogP contribution in [0.1, 0.15) is 72.3 Å². The van der Waals surface area contributed by atoms with Gasteiger partial charge in [-0.05, 0) is 103 Å². The lowest BCUT2D eigenvalue weighted by atomic mass is 9.72. The predicted octanol–water partition coefficient (Wildman–Crippen LogP) is 5.98. The van der Waals surface area contributed by atoms with Crippen molar-refractivity contribution in [3.05, 3.63) is 94.2 Å². The van der Waals surface area contributed by atoms with Crippen molar-refractivity contribution in [2.24, 2.45) is 5.41 Å². The number of nitrogens with one attached hydrogen (secondary N) is 1. The molecule has 35 heavy (non-hydrogen) atoms. The Balaban J connectivity index is 1.22. The summed E-state index contributed by atoms with van der Waals surface area (Å²) in [4.78, 5) is 13.9. The number of aryl methyl sites for hydroxylation is 1. The molecule has 1 aromatic carbocycles. The molecule has 2 aromatic heterocycles. The molecule has 0 saturated carbocycles. The maximum Gasteiger partial charge on any atom is 0.152 e. The topological polar surface area (TPSA) is 88.5 Å². The molecular formula is C30H31N5. The summed E-state index contributed by atoms with van der Waals surface area (Å²) in [5, 5.41) is 8.88. The number of hydrogen-bond acceptors (Lipinski definition) is 5. The summed E-state index contributed by atoms with van der Waals surface area (Å²) in [7, 11) is 0. The quantitative estimate of drug-likeness (QED) is 0.469. The molecule has 1 spiro atoms. The van der Waals surface area contributed by atoms with Crippen molar-refractivity contribution in [2.75, 3.05) is 5.73 Å². The molecular weight excluding hydrogens is 430 g/mol. The smallest absolute Gasteiger partial charge is 0.152 e. The highest BCUT2D eigenvalue weighted by Crippen LogP contribution is 2.47. The summed E-state index contributed by atoms with van der Waals surface area (Å²) in [5.41, 5.74) is 15.8. The van der Waals surface area contributed by atoms with Gasteiger partial charge in [0.1, 0.15) is 5.69 Å².